The number of nitrogens with zero attached hydrogens (tertiary/aromatic N) is 2. The maximum absolute atomic E-state index is 12.7. The summed E-state index contributed by atoms with van der Waals surface area (Å²) in [5, 5.41) is 2.65. The number of rotatable bonds is 6. The van der Waals surface area contributed by atoms with Crippen LogP contribution in [0.15, 0.2) is 72.8 Å². The molecule has 2 aliphatic heterocycles. The number of esters is 1. The van der Waals surface area contributed by atoms with Gasteiger partial charge in [0.2, 0.25) is 5.91 Å². The van der Waals surface area contributed by atoms with Crippen molar-refractivity contribution in [2.75, 3.05) is 28.3 Å². The van der Waals surface area contributed by atoms with Crippen LogP contribution >= 0.6 is 0 Å². The number of hydrogen-bond donors (Lipinski definition) is 1. The molecule has 4 amide bonds. The standard InChI is InChI=1S/C27H21N3O6/c31-23(28-18-7-4-8-19(15-18)29-13-5-12-24(29)32)16-36-27(35)17-6-3-9-20(14-17)30-25(33)21-10-1-2-11-22(21)26(30)34/h1-4,6-11,14-15H,5,12-13,16H2,(H,28,31). The highest BCUT2D eigenvalue weighted by molar-refractivity contribution is 6.34. The summed E-state index contributed by atoms with van der Waals surface area (Å²) in [6, 6.07) is 19.3. The molecule has 180 valence electrons. The van der Waals surface area contributed by atoms with Crippen molar-refractivity contribution in [1.29, 1.82) is 0 Å². The highest BCUT2D eigenvalue weighted by Gasteiger charge is 2.36. The fraction of sp³-hybridized carbons (Fsp3) is 0.148. The van der Waals surface area contributed by atoms with E-state index in [-0.39, 0.29) is 17.2 Å². The molecule has 0 aromatic heterocycles. The summed E-state index contributed by atoms with van der Waals surface area (Å²) in [5.74, 6) is -2.24. The van der Waals surface area contributed by atoms with Gasteiger partial charge in [-0.3, -0.25) is 19.2 Å². The molecule has 5 rings (SSSR count). The summed E-state index contributed by atoms with van der Waals surface area (Å²) in [5.41, 5.74) is 2.08. The van der Waals surface area contributed by atoms with Crippen LogP contribution in [0.4, 0.5) is 17.1 Å². The Hall–Kier alpha value is -4.79. The minimum Gasteiger partial charge on any atom is -0.452 e. The van der Waals surface area contributed by atoms with E-state index >= 15 is 0 Å². The average Bonchev–Trinajstić information content (AvgIpc) is 3.43. The fourth-order valence-corrected chi connectivity index (χ4v) is 4.28. The first-order valence-corrected chi connectivity index (χ1v) is 11.4. The van der Waals surface area contributed by atoms with Gasteiger partial charge in [0, 0.05) is 24.3 Å². The molecule has 9 nitrogen and oxygen atoms in total. The number of benzene rings is 3. The first kappa shape index (κ1) is 23.0. The topological polar surface area (TPSA) is 113 Å². The molecule has 1 fully saturated rings. The van der Waals surface area contributed by atoms with E-state index in [1.165, 1.54) is 18.2 Å². The lowest BCUT2D eigenvalue weighted by Gasteiger charge is -2.17. The highest BCUT2D eigenvalue weighted by atomic mass is 16.5. The minimum absolute atomic E-state index is 0.0378. The van der Waals surface area contributed by atoms with Gasteiger partial charge >= 0.3 is 5.97 Å². The van der Waals surface area contributed by atoms with Crippen LogP contribution in [-0.4, -0.2) is 42.7 Å². The van der Waals surface area contributed by atoms with Crippen LogP contribution in [0.2, 0.25) is 0 Å². The van der Waals surface area contributed by atoms with E-state index in [1.54, 1.807) is 59.5 Å². The van der Waals surface area contributed by atoms with Gasteiger partial charge in [0.05, 0.1) is 22.4 Å². The SMILES string of the molecule is O=C(COC(=O)c1cccc(N2C(=O)c3ccccc3C2=O)c1)Nc1cccc(N2CCCC2=O)c1. The third-order valence-electron chi connectivity index (χ3n) is 5.98. The Labute approximate surface area is 206 Å². The van der Waals surface area contributed by atoms with Gasteiger partial charge in [-0.15, -0.1) is 0 Å². The van der Waals surface area contributed by atoms with Crippen LogP contribution in [0.3, 0.4) is 0 Å². The molecule has 2 aliphatic rings. The lowest BCUT2D eigenvalue weighted by molar-refractivity contribution is -0.119. The van der Waals surface area contributed by atoms with Crippen LogP contribution in [0.5, 0.6) is 0 Å². The molecule has 0 unspecified atom stereocenters. The molecule has 0 radical (unpaired) electrons. The molecular formula is C27H21N3O6. The van der Waals surface area contributed by atoms with Gasteiger partial charge in [-0.05, 0) is 55.0 Å². The Kier molecular flexibility index (Phi) is 6.03. The molecule has 0 aliphatic carbocycles. The molecule has 36 heavy (non-hydrogen) atoms. The first-order valence-electron chi connectivity index (χ1n) is 11.4. The lowest BCUT2D eigenvalue weighted by atomic mass is 10.1. The second-order valence-electron chi connectivity index (χ2n) is 8.37. The summed E-state index contributed by atoms with van der Waals surface area (Å²) in [4.78, 5) is 65.0. The molecule has 0 bridgehead atoms. The quantitative estimate of drug-likeness (QED) is 0.425. The molecule has 1 N–H and O–H groups in total. The molecule has 0 spiro atoms. The molecule has 1 saturated heterocycles. The zero-order chi connectivity index (χ0) is 25.2. The van der Waals surface area contributed by atoms with E-state index in [0.717, 1.165) is 11.3 Å². The predicted octanol–water partition coefficient (Wildman–Crippen LogP) is 3.41. The smallest absolute Gasteiger partial charge is 0.338 e. The molecular weight excluding hydrogens is 462 g/mol. The number of ether oxygens (including phenoxy) is 1. The van der Waals surface area contributed by atoms with E-state index in [9.17, 15) is 24.0 Å². The first-order chi connectivity index (χ1) is 17.4. The Morgan fingerprint density at radius 2 is 1.53 bits per heavy atom. The third-order valence-corrected chi connectivity index (χ3v) is 5.98. The second-order valence-corrected chi connectivity index (χ2v) is 8.37. The number of carbonyl (C=O) groups is 5. The molecule has 2 heterocycles. The van der Waals surface area contributed by atoms with Crippen LogP contribution in [-0.2, 0) is 14.3 Å². The fourth-order valence-electron chi connectivity index (χ4n) is 4.28. The van der Waals surface area contributed by atoms with E-state index in [1.807, 2.05) is 0 Å². The number of imide groups is 1. The minimum atomic E-state index is -0.778. The normalized spacial score (nSPS) is 14.7. The number of hydrogen-bond acceptors (Lipinski definition) is 6. The average molecular weight is 483 g/mol. The van der Waals surface area contributed by atoms with E-state index in [0.29, 0.717) is 35.5 Å². The molecule has 9 heteroatoms. The monoisotopic (exact) mass is 483 g/mol. The zero-order valence-corrected chi connectivity index (χ0v) is 19.1. The van der Waals surface area contributed by atoms with Crippen LogP contribution < -0.4 is 15.1 Å². The van der Waals surface area contributed by atoms with Crippen molar-refractivity contribution in [1.82, 2.24) is 0 Å². The molecule has 3 aromatic carbocycles. The lowest BCUT2D eigenvalue weighted by Crippen LogP contribution is -2.29. The van der Waals surface area contributed by atoms with E-state index in [4.69, 9.17) is 4.74 Å². The van der Waals surface area contributed by atoms with E-state index < -0.39 is 30.3 Å². The molecule has 0 atom stereocenters. The maximum atomic E-state index is 12.7. The number of carbonyl (C=O) groups excluding carboxylic acids is 5. The van der Waals surface area contributed by atoms with Gasteiger partial charge in [0.15, 0.2) is 6.61 Å². The summed E-state index contributed by atoms with van der Waals surface area (Å²) >= 11 is 0. The van der Waals surface area contributed by atoms with Crippen molar-refractivity contribution < 1.29 is 28.7 Å². The van der Waals surface area contributed by atoms with Crippen molar-refractivity contribution in [3.05, 3.63) is 89.5 Å². The molecule has 3 aromatic rings. The van der Waals surface area contributed by atoms with Gasteiger partial charge in [-0.2, -0.15) is 0 Å². The van der Waals surface area contributed by atoms with E-state index in [2.05, 4.69) is 5.32 Å². The summed E-state index contributed by atoms with van der Waals surface area (Å²) in [6.45, 7) is 0.0938. The Balaban J connectivity index is 1.22. The third kappa shape index (κ3) is 4.34. The number of fused-ring (bicyclic) bond motifs is 1. The Morgan fingerprint density at radius 3 is 2.22 bits per heavy atom. The van der Waals surface area contributed by atoms with Crippen molar-refractivity contribution in [3.63, 3.8) is 0 Å². The number of amides is 4. The van der Waals surface area contributed by atoms with Crippen molar-refractivity contribution in [2.24, 2.45) is 0 Å². The predicted molar refractivity (Wildman–Crippen MR) is 131 cm³/mol. The van der Waals surface area contributed by atoms with Gasteiger partial charge in [-0.25, -0.2) is 9.69 Å². The largest absolute Gasteiger partial charge is 0.452 e. The number of anilines is 3. The van der Waals surface area contributed by atoms with Gasteiger partial charge in [0.1, 0.15) is 0 Å². The highest BCUT2D eigenvalue weighted by Crippen LogP contribution is 2.29. The van der Waals surface area contributed by atoms with Crippen LogP contribution in [0.1, 0.15) is 43.9 Å². The zero-order valence-electron chi connectivity index (χ0n) is 19.1. The number of nitrogens with one attached hydrogen (secondary N) is 1. The summed E-state index contributed by atoms with van der Waals surface area (Å²) in [6.07, 6.45) is 1.29. The van der Waals surface area contributed by atoms with Gasteiger partial charge < -0.3 is 15.0 Å². The van der Waals surface area contributed by atoms with Gasteiger partial charge in [-0.1, -0.05) is 24.3 Å². The Morgan fingerprint density at radius 1 is 0.833 bits per heavy atom. The van der Waals surface area contributed by atoms with Crippen molar-refractivity contribution >= 4 is 46.7 Å². The van der Waals surface area contributed by atoms with Crippen LogP contribution in [0.25, 0.3) is 0 Å². The van der Waals surface area contributed by atoms with Crippen molar-refractivity contribution in [2.45, 2.75) is 12.8 Å². The summed E-state index contributed by atoms with van der Waals surface area (Å²) in [7, 11) is 0. The van der Waals surface area contributed by atoms with Crippen molar-refractivity contribution in [3.8, 4) is 0 Å². The molecule has 0 saturated carbocycles. The summed E-state index contributed by atoms with van der Waals surface area (Å²) < 4.78 is 5.14. The Bertz CT molecular complexity index is 1380. The second kappa shape index (κ2) is 9.46. The van der Waals surface area contributed by atoms with Crippen LogP contribution in [0, 0.1) is 0 Å². The van der Waals surface area contributed by atoms with Gasteiger partial charge in [0.25, 0.3) is 17.7 Å². The maximum Gasteiger partial charge on any atom is 0.338 e.